The largest absolute Gasteiger partial charge is 0.496 e. The van der Waals surface area contributed by atoms with Crippen LogP contribution in [0.4, 0.5) is 0 Å². The van der Waals surface area contributed by atoms with Crippen LogP contribution in [-0.4, -0.2) is 26.2 Å². The summed E-state index contributed by atoms with van der Waals surface area (Å²) in [6.07, 6.45) is 0. The van der Waals surface area contributed by atoms with E-state index in [9.17, 15) is 4.79 Å². The Bertz CT molecular complexity index is 619. The van der Waals surface area contributed by atoms with E-state index < -0.39 is 0 Å². The fourth-order valence-corrected chi connectivity index (χ4v) is 2.24. The standard InChI is InChI=1S/C16H16BrNO4/c1-20-15-8-7-12(11-14(15)17)16(19)18-22-10-9-21-13-5-3-2-4-6-13/h2-8,11H,9-10H2,1H3,(H,18,19). The van der Waals surface area contributed by atoms with Gasteiger partial charge in [-0.1, -0.05) is 18.2 Å². The minimum absolute atomic E-state index is 0.248. The van der Waals surface area contributed by atoms with Crippen molar-refractivity contribution in [2.75, 3.05) is 20.3 Å². The van der Waals surface area contributed by atoms with Gasteiger partial charge in [0.2, 0.25) is 0 Å². The van der Waals surface area contributed by atoms with E-state index in [1.165, 1.54) is 0 Å². The molecule has 0 fully saturated rings. The number of rotatable bonds is 7. The molecule has 0 unspecified atom stereocenters. The quantitative estimate of drug-likeness (QED) is 0.604. The van der Waals surface area contributed by atoms with E-state index in [0.717, 1.165) is 5.75 Å². The fourth-order valence-electron chi connectivity index (χ4n) is 1.70. The number of nitrogens with one attached hydrogen (secondary N) is 1. The Morgan fingerprint density at radius 2 is 1.91 bits per heavy atom. The van der Waals surface area contributed by atoms with Crippen LogP contribution in [0.25, 0.3) is 0 Å². The smallest absolute Gasteiger partial charge is 0.274 e. The van der Waals surface area contributed by atoms with Gasteiger partial charge in [0.05, 0.1) is 11.6 Å². The molecule has 0 atom stereocenters. The van der Waals surface area contributed by atoms with E-state index in [-0.39, 0.29) is 12.5 Å². The first-order valence-electron chi connectivity index (χ1n) is 6.64. The van der Waals surface area contributed by atoms with Crippen LogP contribution in [0.1, 0.15) is 10.4 Å². The summed E-state index contributed by atoms with van der Waals surface area (Å²) in [5.74, 6) is 1.09. The molecule has 5 nitrogen and oxygen atoms in total. The van der Waals surface area contributed by atoms with Crippen molar-refractivity contribution >= 4 is 21.8 Å². The molecule has 0 aromatic heterocycles. The maximum Gasteiger partial charge on any atom is 0.274 e. The first kappa shape index (κ1) is 16.3. The lowest BCUT2D eigenvalue weighted by molar-refractivity contribution is 0.0200. The minimum Gasteiger partial charge on any atom is -0.496 e. The van der Waals surface area contributed by atoms with Gasteiger partial charge in [-0.2, -0.15) is 0 Å². The third-order valence-electron chi connectivity index (χ3n) is 2.78. The number of hydrogen-bond donors (Lipinski definition) is 1. The second kappa shape index (κ2) is 8.41. The number of hydroxylamine groups is 1. The first-order chi connectivity index (χ1) is 10.7. The Morgan fingerprint density at radius 1 is 1.14 bits per heavy atom. The Kier molecular flexibility index (Phi) is 6.24. The second-order valence-corrected chi connectivity index (χ2v) is 5.14. The molecule has 0 aliphatic rings. The highest BCUT2D eigenvalue weighted by atomic mass is 79.9. The number of para-hydroxylation sites is 1. The predicted molar refractivity (Wildman–Crippen MR) is 86.0 cm³/mol. The van der Waals surface area contributed by atoms with Crippen molar-refractivity contribution in [2.45, 2.75) is 0 Å². The Balaban J connectivity index is 1.72. The van der Waals surface area contributed by atoms with Gasteiger partial charge in [-0.25, -0.2) is 5.48 Å². The van der Waals surface area contributed by atoms with Crippen molar-refractivity contribution in [3.63, 3.8) is 0 Å². The first-order valence-corrected chi connectivity index (χ1v) is 7.43. The summed E-state index contributed by atoms with van der Waals surface area (Å²) in [4.78, 5) is 17.0. The van der Waals surface area contributed by atoms with Gasteiger partial charge < -0.3 is 9.47 Å². The van der Waals surface area contributed by atoms with E-state index in [1.54, 1.807) is 25.3 Å². The number of hydrogen-bond acceptors (Lipinski definition) is 4. The number of benzene rings is 2. The second-order valence-electron chi connectivity index (χ2n) is 4.29. The van der Waals surface area contributed by atoms with Crippen molar-refractivity contribution in [1.29, 1.82) is 0 Å². The molecule has 6 heteroatoms. The average Bonchev–Trinajstić information content (AvgIpc) is 2.55. The van der Waals surface area contributed by atoms with Crippen molar-refractivity contribution < 1.29 is 19.1 Å². The van der Waals surface area contributed by atoms with E-state index in [0.29, 0.717) is 22.4 Å². The van der Waals surface area contributed by atoms with E-state index in [2.05, 4.69) is 21.4 Å². The summed E-state index contributed by atoms with van der Waals surface area (Å²) in [6.45, 7) is 0.592. The highest BCUT2D eigenvalue weighted by Gasteiger charge is 2.08. The molecule has 0 bridgehead atoms. The number of carbonyl (C=O) groups excluding carboxylic acids is 1. The molecular formula is C16H16BrNO4. The van der Waals surface area contributed by atoms with Crippen LogP contribution in [0.3, 0.4) is 0 Å². The van der Waals surface area contributed by atoms with Crippen molar-refractivity contribution in [3.05, 3.63) is 58.6 Å². The number of halogens is 1. The molecule has 0 aliphatic carbocycles. The van der Waals surface area contributed by atoms with Gasteiger partial charge in [0.1, 0.15) is 24.7 Å². The van der Waals surface area contributed by atoms with E-state index in [1.807, 2.05) is 30.3 Å². The SMILES string of the molecule is COc1ccc(C(=O)NOCCOc2ccccc2)cc1Br. The molecule has 0 saturated carbocycles. The molecule has 2 rings (SSSR count). The van der Waals surface area contributed by atoms with Crippen LogP contribution in [-0.2, 0) is 4.84 Å². The molecule has 22 heavy (non-hydrogen) atoms. The number of methoxy groups -OCH3 is 1. The molecule has 116 valence electrons. The summed E-state index contributed by atoms with van der Waals surface area (Å²) in [5.41, 5.74) is 2.84. The third-order valence-corrected chi connectivity index (χ3v) is 3.40. The van der Waals surface area contributed by atoms with Gasteiger partial charge in [0.25, 0.3) is 5.91 Å². The van der Waals surface area contributed by atoms with E-state index >= 15 is 0 Å². The molecule has 1 N–H and O–H groups in total. The lowest BCUT2D eigenvalue weighted by Gasteiger charge is -2.09. The average molecular weight is 366 g/mol. The summed E-state index contributed by atoms with van der Waals surface area (Å²) in [7, 11) is 1.57. The third kappa shape index (κ3) is 4.75. The summed E-state index contributed by atoms with van der Waals surface area (Å²) in [6, 6.07) is 14.4. The lowest BCUT2D eigenvalue weighted by atomic mass is 10.2. The van der Waals surface area contributed by atoms with Crippen molar-refractivity contribution in [3.8, 4) is 11.5 Å². The zero-order valence-corrected chi connectivity index (χ0v) is 13.6. The van der Waals surface area contributed by atoms with Crippen LogP contribution in [0, 0.1) is 0 Å². The molecule has 0 radical (unpaired) electrons. The summed E-state index contributed by atoms with van der Waals surface area (Å²) >= 11 is 3.33. The fraction of sp³-hybridized carbons (Fsp3) is 0.188. The van der Waals surface area contributed by atoms with Gasteiger partial charge in [-0.15, -0.1) is 0 Å². The van der Waals surface area contributed by atoms with Crippen LogP contribution < -0.4 is 15.0 Å². The Morgan fingerprint density at radius 3 is 2.59 bits per heavy atom. The number of amides is 1. The van der Waals surface area contributed by atoms with Crippen LogP contribution in [0.2, 0.25) is 0 Å². The molecule has 2 aromatic carbocycles. The molecule has 0 aliphatic heterocycles. The highest BCUT2D eigenvalue weighted by Crippen LogP contribution is 2.25. The monoisotopic (exact) mass is 365 g/mol. The van der Waals surface area contributed by atoms with Crippen LogP contribution in [0.5, 0.6) is 11.5 Å². The molecule has 0 spiro atoms. The van der Waals surface area contributed by atoms with Gasteiger partial charge in [0.15, 0.2) is 0 Å². The maximum absolute atomic E-state index is 11.9. The number of ether oxygens (including phenoxy) is 2. The summed E-state index contributed by atoms with van der Waals surface area (Å²) in [5, 5.41) is 0. The molecule has 0 heterocycles. The molecule has 1 amide bonds. The Hall–Kier alpha value is -2.05. The number of carbonyl (C=O) groups is 1. The highest BCUT2D eigenvalue weighted by molar-refractivity contribution is 9.10. The van der Waals surface area contributed by atoms with Gasteiger partial charge in [-0.3, -0.25) is 9.63 Å². The zero-order valence-electron chi connectivity index (χ0n) is 12.0. The van der Waals surface area contributed by atoms with Crippen molar-refractivity contribution in [2.24, 2.45) is 0 Å². The Labute approximate surface area is 137 Å². The molecule has 2 aromatic rings. The van der Waals surface area contributed by atoms with Gasteiger partial charge in [0, 0.05) is 5.56 Å². The predicted octanol–water partition coefficient (Wildman–Crippen LogP) is 3.20. The molecule has 0 saturated heterocycles. The van der Waals surface area contributed by atoms with E-state index in [4.69, 9.17) is 14.3 Å². The van der Waals surface area contributed by atoms with Crippen LogP contribution >= 0.6 is 15.9 Å². The topological polar surface area (TPSA) is 56.8 Å². The van der Waals surface area contributed by atoms with Crippen LogP contribution in [0.15, 0.2) is 53.0 Å². The van der Waals surface area contributed by atoms with Gasteiger partial charge >= 0.3 is 0 Å². The van der Waals surface area contributed by atoms with Gasteiger partial charge in [-0.05, 0) is 46.3 Å². The maximum atomic E-state index is 11.9. The molecular weight excluding hydrogens is 350 g/mol. The lowest BCUT2D eigenvalue weighted by Crippen LogP contribution is -2.26. The van der Waals surface area contributed by atoms with Crippen molar-refractivity contribution in [1.82, 2.24) is 5.48 Å². The minimum atomic E-state index is -0.330. The zero-order chi connectivity index (χ0) is 15.8. The summed E-state index contributed by atoms with van der Waals surface area (Å²) < 4.78 is 11.3. The normalized spacial score (nSPS) is 10.1.